The second-order valence-electron chi connectivity index (χ2n) is 7.80. The molecule has 2 aromatic rings. The number of aromatic amines is 1. The maximum Gasteiger partial charge on any atom is 0.407 e. The van der Waals surface area contributed by atoms with Crippen LogP contribution in [0.1, 0.15) is 31.2 Å². The maximum atomic E-state index is 13.5. The Kier molecular flexibility index (Phi) is 7.17. The first-order valence-electron chi connectivity index (χ1n) is 10.2. The van der Waals surface area contributed by atoms with Crippen LogP contribution >= 0.6 is 11.3 Å². The van der Waals surface area contributed by atoms with Gasteiger partial charge in [0.1, 0.15) is 11.3 Å². The van der Waals surface area contributed by atoms with Crippen LogP contribution in [0.15, 0.2) is 29.6 Å². The predicted molar refractivity (Wildman–Crippen MR) is 117 cm³/mol. The van der Waals surface area contributed by atoms with E-state index in [1.165, 1.54) is 11.0 Å². The number of carbonyl (C=O) groups is 2. The Hall–Kier alpha value is -2.95. The maximum absolute atomic E-state index is 13.5. The molecule has 0 radical (unpaired) electrons. The van der Waals surface area contributed by atoms with Crippen LogP contribution < -0.4 is 4.87 Å². The van der Waals surface area contributed by atoms with Gasteiger partial charge in [0.15, 0.2) is 0 Å². The lowest BCUT2D eigenvalue weighted by Gasteiger charge is -2.37. The third-order valence-electron chi connectivity index (χ3n) is 5.76. The van der Waals surface area contributed by atoms with Crippen molar-refractivity contribution in [1.29, 1.82) is 0 Å². The smallest absolute Gasteiger partial charge is 0.407 e. The van der Waals surface area contributed by atoms with Gasteiger partial charge in [-0.2, -0.15) is 0 Å². The number of nitrogens with one attached hydrogen (secondary N) is 1. The fraction of sp³-hybridized carbons (Fsp3) is 0.476. The Morgan fingerprint density at radius 1 is 1.25 bits per heavy atom. The molecule has 1 aliphatic carbocycles. The van der Waals surface area contributed by atoms with Gasteiger partial charge in [-0.3, -0.25) is 9.59 Å². The number of carbonyl (C=O) groups excluding carboxylic acids is 1. The van der Waals surface area contributed by atoms with Crippen molar-refractivity contribution >= 4 is 33.6 Å². The van der Waals surface area contributed by atoms with Crippen LogP contribution in [-0.2, 0) is 11.2 Å². The third-order valence-corrected chi connectivity index (χ3v) is 6.71. The molecule has 0 bridgehead atoms. The van der Waals surface area contributed by atoms with Crippen LogP contribution in [0.25, 0.3) is 10.2 Å². The van der Waals surface area contributed by atoms with Gasteiger partial charge in [-0.15, -0.1) is 0 Å². The lowest BCUT2D eigenvalue weighted by Crippen LogP contribution is -2.47. The number of amides is 2. The Balaban J connectivity index is 1.67. The summed E-state index contributed by atoms with van der Waals surface area (Å²) in [5.41, 5.74) is 1.03. The van der Waals surface area contributed by atoms with E-state index in [9.17, 15) is 33.4 Å². The average molecular weight is 470 g/mol. The fourth-order valence-electron chi connectivity index (χ4n) is 3.98. The Morgan fingerprint density at radius 2 is 1.94 bits per heavy atom. The van der Waals surface area contributed by atoms with Crippen molar-refractivity contribution in [2.24, 2.45) is 0 Å². The molecule has 0 atom stereocenters. The second kappa shape index (κ2) is 9.68. The molecule has 0 unspecified atom stereocenters. The number of aromatic nitrogens is 1. The second-order valence-corrected chi connectivity index (χ2v) is 8.79. The number of aromatic hydroxyl groups is 1. The van der Waals surface area contributed by atoms with Gasteiger partial charge in [0.05, 0.1) is 4.70 Å². The summed E-state index contributed by atoms with van der Waals surface area (Å²) in [4.78, 5) is 40.5. The molecule has 0 aliphatic heterocycles. The van der Waals surface area contributed by atoms with Gasteiger partial charge in [-0.25, -0.2) is 13.6 Å². The van der Waals surface area contributed by atoms with Gasteiger partial charge in [0.25, 0.3) is 0 Å². The number of phenols is 1. The molecular formula is C21H25F2N3O5S. The molecule has 174 valence electrons. The summed E-state index contributed by atoms with van der Waals surface area (Å²) >= 11 is 0.934. The van der Waals surface area contributed by atoms with Gasteiger partial charge in [0.2, 0.25) is 11.8 Å². The normalized spacial score (nSPS) is 16.1. The minimum Gasteiger partial charge on any atom is -0.506 e. The van der Waals surface area contributed by atoms with E-state index >= 15 is 0 Å². The predicted octanol–water partition coefficient (Wildman–Crippen LogP) is 3.41. The zero-order chi connectivity index (χ0) is 23.5. The summed E-state index contributed by atoms with van der Waals surface area (Å²) in [5.74, 6) is -3.21. The number of rotatable bonds is 8. The summed E-state index contributed by atoms with van der Waals surface area (Å²) in [6.07, 6.45) is -0.0890. The van der Waals surface area contributed by atoms with Crippen LogP contribution in [0.5, 0.6) is 5.75 Å². The van der Waals surface area contributed by atoms with Crippen LogP contribution in [-0.4, -0.2) is 68.6 Å². The number of fused-ring (bicyclic) bond motifs is 1. The summed E-state index contributed by atoms with van der Waals surface area (Å²) in [6, 6.07) is 2.69. The van der Waals surface area contributed by atoms with Gasteiger partial charge < -0.3 is 25.0 Å². The van der Waals surface area contributed by atoms with E-state index in [4.69, 9.17) is 0 Å². The third kappa shape index (κ3) is 5.45. The number of nitrogens with zero attached hydrogens (tertiary/aromatic N) is 2. The van der Waals surface area contributed by atoms with E-state index in [1.54, 1.807) is 6.07 Å². The quantitative estimate of drug-likeness (QED) is 0.513. The van der Waals surface area contributed by atoms with Crippen molar-refractivity contribution < 1.29 is 28.6 Å². The minimum absolute atomic E-state index is 0.00635. The molecule has 0 saturated heterocycles. The Bertz CT molecular complexity index is 1060. The monoisotopic (exact) mass is 469 g/mol. The van der Waals surface area contributed by atoms with Crippen LogP contribution in [0.4, 0.5) is 13.6 Å². The van der Waals surface area contributed by atoms with Crippen LogP contribution in [0.2, 0.25) is 0 Å². The Morgan fingerprint density at radius 3 is 2.56 bits per heavy atom. The molecule has 11 heteroatoms. The number of H-pyrrole nitrogens is 1. The number of thiazole rings is 1. The fourth-order valence-corrected chi connectivity index (χ4v) is 4.88. The van der Waals surface area contributed by atoms with E-state index in [-0.39, 0.29) is 62.0 Å². The first-order valence-corrected chi connectivity index (χ1v) is 11.1. The Labute approximate surface area is 186 Å². The lowest BCUT2D eigenvalue weighted by molar-refractivity contribution is -0.131. The molecule has 1 heterocycles. The number of hydrogen-bond acceptors (Lipinski definition) is 5. The SMILES string of the molecule is C=CC(=O)N(CCN(CCc1ccc(O)c2[nH]c(=O)sc12)C(=O)O)C1CCC(F)(F)CC1. The van der Waals surface area contributed by atoms with Gasteiger partial charge in [-0.05, 0) is 37.0 Å². The molecule has 1 aromatic carbocycles. The highest BCUT2D eigenvalue weighted by atomic mass is 32.1. The first kappa shape index (κ1) is 23.7. The molecule has 1 saturated carbocycles. The topological polar surface area (TPSA) is 114 Å². The van der Waals surface area contributed by atoms with Crippen molar-refractivity contribution in [3.05, 3.63) is 40.0 Å². The largest absolute Gasteiger partial charge is 0.506 e. The standard InChI is InChI=1S/C21H25F2N3O5S/c1-2-16(28)26(14-5-8-21(22,23)9-6-14)12-11-25(20(30)31)10-7-13-3-4-15(27)17-18(13)32-19(29)24-17/h2-4,14,27H,1,5-12H2,(H,24,29)(H,30,31). The molecule has 8 nitrogen and oxygen atoms in total. The number of halogens is 2. The summed E-state index contributed by atoms with van der Waals surface area (Å²) in [5, 5.41) is 19.5. The van der Waals surface area contributed by atoms with Gasteiger partial charge >= 0.3 is 11.0 Å². The van der Waals surface area contributed by atoms with Crippen LogP contribution in [0.3, 0.4) is 0 Å². The molecular weight excluding hydrogens is 444 g/mol. The number of benzene rings is 1. The lowest BCUT2D eigenvalue weighted by atomic mass is 9.91. The van der Waals surface area contributed by atoms with E-state index in [1.807, 2.05) is 0 Å². The highest BCUT2D eigenvalue weighted by Crippen LogP contribution is 2.35. The van der Waals surface area contributed by atoms with Crippen molar-refractivity contribution in [2.45, 2.75) is 44.1 Å². The van der Waals surface area contributed by atoms with Crippen molar-refractivity contribution in [2.75, 3.05) is 19.6 Å². The number of carboxylic acid groups (broad SMARTS) is 1. The first-order chi connectivity index (χ1) is 15.1. The molecule has 32 heavy (non-hydrogen) atoms. The molecule has 1 aromatic heterocycles. The van der Waals surface area contributed by atoms with Crippen molar-refractivity contribution in [3.63, 3.8) is 0 Å². The summed E-state index contributed by atoms with van der Waals surface area (Å²) in [7, 11) is 0. The van der Waals surface area contributed by atoms with E-state index in [0.29, 0.717) is 22.2 Å². The minimum atomic E-state index is -2.73. The number of alkyl halides is 2. The average Bonchev–Trinajstić information content (AvgIpc) is 3.14. The molecule has 3 N–H and O–H groups in total. The van der Waals surface area contributed by atoms with E-state index in [2.05, 4.69) is 11.6 Å². The molecule has 1 fully saturated rings. The summed E-state index contributed by atoms with van der Waals surface area (Å²) in [6.45, 7) is 3.63. The zero-order valence-electron chi connectivity index (χ0n) is 17.4. The molecule has 1 aliphatic rings. The van der Waals surface area contributed by atoms with Gasteiger partial charge in [0, 0.05) is 38.5 Å². The van der Waals surface area contributed by atoms with Crippen molar-refractivity contribution in [3.8, 4) is 5.75 Å². The van der Waals surface area contributed by atoms with Gasteiger partial charge in [-0.1, -0.05) is 24.0 Å². The van der Waals surface area contributed by atoms with E-state index < -0.39 is 17.9 Å². The number of hydrogen-bond donors (Lipinski definition) is 3. The molecule has 0 spiro atoms. The van der Waals surface area contributed by atoms with Crippen molar-refractivity contribution in [1.82, 2.24) is 14.8 Å². The molecule has 3 rings (SSSR count). The van der Waals surface area contributed by atoms with Crippen LogP contribution in [0, 0.1) is 0 Å². The number of phenolic OH excluding ortho intramolecular Hbond substituents is 1. The zero-order valence-corrected chi connectivity index (χ0v) is 18.2. The van der Waals surface area contributed by atoms with E-state index in [0.717, 1.165) is 22.3 Å². The highest BCUT2D eigenvalue weighted by molar-refractivity contribution is 7.16. The molecule has 2 amide bonds. The highest BCUT2D eigenvalue weighted by Gasteiger charge is 2.37. The summed E-state index contributed by atoms with van der Waals surface area (Å²) < 4.78 is 27.6.